The van der Waals surface area contributed by atoms with Crippen LogP contribution in [-0.2, 0) is 22.6 Å². The fourth-order valence-electron chi connectivity index (χ4n) is 4.39. The van der Waals surface area contributed by atoms with Gasteiger partial charge in [0.2, 0.25) is 0 Å². The molecule has 0 bridgehead atoms. The highest BCUT2D eigenvalue weighted by Crippen LogP contribution is 2.38. The van der Waals surface area contributed by atoms with Gasteiger partial charge in [0.1, 0.15) is 11.2 Å². The highest BCUT2D eigenvalue weighted by atomic mass is 35.5. The van der Waals surface area contributed by atoms with Crippen LogP contribution in [0.1, 0.15) is 26.5 Å². The van der Waals surface area contributed by atoms with Crippen molar-refractivity contribution in [1.82, 2.24) is 29.6 Å². The summed E-state index contributed by atoms with van der Waals surface area (Å²) < 4.78 is 27.7. The second kappa shape index (κ2) is 11.1. The van der Waals surface area contributed by atoms with Gasteiger partial charge < -0.3 is 14.8 Å². The molecule has 0 aliphatic carbocycles. The third-order valence-electron chi connectivity index (χ3n) is 6.33. The first-order valence-electron chi connectivity index (χ1n) is 12.4. The van der Waals surface area contributed by atoms with Gasteiger partial charge in [0, 0.05) is 49.2 Å². The number of aryl methyl sites for hydroxylation is 1. The molecule has 1 aliphatic rings. The van der Waals surface area contributed by atoms with Crippen molar-refractivity contribution in [2.75, 3.05) is 44.4 Å². The number of anilines is 1. The van der Waals surface area contributed by atoms with Gasteiger partial charge in [0.05, 0.1) is 28.2 Å². The second-order valence-electron chi connectivity index (χ2n) is 10.7. The predicted octanol–water partition coefficient (Wildman–Crippen LogP) is 4.89. The molecular weight excluding hydrogens is 561 g/mol. The van der Waals surface area contributed by atoms with Crippen LogP contribution in [0.4, 0.5) is 5.82 Å². The third kappa shape index (κ3) is 6.72. The van der Waals surface area contributed by atoms with Crippen molar-refractivity contribution in [2.45, 2.75) is 26.2 Å². The molecule has 5 rings (SSSR count). The standard InChI is InChI=1S/C25H29Cl2N7.CH4O3S/c1-25(2,3)22-19(27)21(33(5)31-22)23-28-18-14-17(15-8-6-7-9-16(15)26)29-24(20(18)30-23)34-12-10-32(4)11-13-34;1-5(2,3)4/h6-9,14H,10-13H2,1-5H3,(H,28,30);1H3,(H,2,3,4). The number of aromatic amines is 1. The molecule has 210 valence electrons. The van der Waals surface area contributed by atoms with Crippen LogP contribution in [-0.4, -0.2) is 82.1 Å². The Kier molecular flexibility index (Phi) is 8.30. The van der Waals surface area contributed by atoms with Crippen LogP contribution in [0.25, 0.3) is 33.8 Å². The number of fused-ring (bicyclic) bond motifs is 1. The van der Waals surface area contributed by atoms with Gasteiger partial charge >= 0.3 is 0 Å². The van der Waals surface area contributed by atoms with Gasteiger partial charge in [-0.3, -0.25) is 9.23 Å². The number of rotatable bonds is 3. The Morgan fingerprint density at radius 2 is 1.64 bits per heavy atom. The maximum atomic E-state index is 9.19. The first-order valence-corrected chi connectivity index (χ1v) is 15.0. The Bertz CT molecular complexity index is 1590. The smallest absolute Gasteiger partial charge is 0.261 e. The Morgan fingerprint density at radius 3 is 2.21 bits per heavy atom. The highest BCUT2D eigenvalue weighted by molar-refractivity contribution is 7.85. The minimum absolute atomic E-state index is 0.178. The van der Waals surface area contributed by atoms with Crippen LogP contribution in [0.5, 0.6) is 0 Å². The number of halogens is 2. The lowest BCUT2D eigenvalue weighted by molar-refractivity contribution is 0.312. The lowest BCUT2D eigenvalue weighted by atomic mass is 9.92. The molecule has 10 nitrogen and oxygen atoms in total. The Hall–Kier alpha value is -2.70. The zero-order valence-corrected chi connectivity index (χ0v) is 25.2. The molecule has 0 saturated carbocycles. The summed E-state index contributed by atoms with van der Waals surface area (Å²) in [4.78, 5) is 18.2. The summed E-state index contributed by atoms with van der Waals surface area (Å²) >= 11 is 13.4. The molecule has 1 aliphatic heterocycles. The van der Waals surface area contributed by atoms with Crippen molar-refractivity contribution in [3.05, 3.63) is 46.1 Å². The van der Waals surface area contributed by atoms with Gasteiger partial charge in [-0.25, -0.2) is 9.97 Å². The molecule has 2 N–H and O–H groups in total. The zero-order valence-electron chi connectivity index (χ0n) is 22.8. The Morgan fingerprint density at radius 1 is 1.03 bits per heavy atom. The SMILES string of the molecule is CN1CCN(c2nc(-c3ccccc3Cl)cc3[nH]c(-c4c(Cl)c(C(C)(C)C)nn4C)nc23)CC1.CS(=O)(=O)O. The van der Waals surface area contributed by atoms with E-state index in [2.05, 4.69) is 42.6 Å². The number of aromatic nitrogens is 5. The minimum atomic E-state index is -3.67. The van der Waals surface area contributed by atoms with Crippen LogP contribution >= 0.6 is 23.2 Å². The quantitative estimate of drug-likeness (QED) is 0.322. The van der Waals surface area contributed by atoms with E-state index in [4.69, 9.17) is 42.8 Å². The summed E-state index contributed by atoms with van der Waals surface area (Å²) in [5.41, 5.74) is 4.86. The molecule has 1 fully saturated rings. The van der Waals surface area contributed by atoms with Crippen molar-refractivity contribution < 1.29 is 13.0 Å². The van der Waals surface area contributed by atoms with Gasteiger partial charge in [-0.1, -0.05) is 62.2 Å². The molecule has 4 heterocycles. The highest BCUT2D eigenvalue weighted by Gasteiger charge is 2.28. The van der Waals surface area contributed by atoms with Crippen LogP contribution in [0.2, 0.25) is 10.0 Å². The van der Waals surface area contributed by atoms with Crippen molar-refractivity contribution in [3.8, 4) is 22.8 Å². The number of hydrogen-bond donors (Lipinski definition) is 2. The first kappa shape index (κ1) is 29.3. The molecule has 0 spiro atoms. The fourth-order valence-corrected chi connectivity index (χ4v) is 5.16. The Balaban J connectivity index is 0.000000648. The van der Waals surface area contributed by atoms with E-state index in [9.17, 15) is 8.42 Å². The summed E-state index contributed by atoms with van der Waals surface area (Å²) in [7, 11) is 0.378. The third-order valence-corrected chi connectivity index (χ3v) is 7.02. The molecule has 0 atom stereocenters. The van der Waals surface area contributed by atoms with E-state index in [0.717, 1.165) is 65.7 Å². The topological polar surface area (TPSA) is 120 Å². The maximum absolute atomic E-state index is 9.19. The summed E-state index contributed by atoms with van der Waals surface area (Å²) in [6.07, 6.45) is 0.715. The monoisotopic (exact) mass is 593 g/mol. The minimum Gasteiger partial charge on any atom is -0.352 e. The number of piperazine rings is 1. The number of H-pyrrole nitrogens is 1. The number of benzene rings is 1. The molecule has 39 heavy (non-hydrogen) atoms. The van der Waals surface area contributed by atoms with E-state index in [1.165, 1.54) is 0 Å². The fraction of sp³-hybridized carbons (Fsp3) is 0.423. The number of pyridine rings is 1. The summed E-state index contributed by atoms with van der Waals surface area (Å²) in [6.45, 7) is 10.0. The number of nitrogens with zero attached hydrogens (tertiary/aromatic N) is 6. The zero-order chi connectivity index (χ0) is 28.7. The molecule has 0 amide bonds. The number of imidazole rings is 1. The van der Waals surface area contributed by atoms with E-state index in [1.54, 1.807) is 4.68 Å². The second-order valence-corrected chi connectivity index (χ2v) is 13.0. The van der Waals surface area contributed by atoms with E-state index in [1.807, 2.05) is 37.4 Å². The molecule has 0 radical (unpaired) electrons. The number of nitrogens with one attached hydrogen (secondary N) is 1. The molecule has 4 aromatic rings. The molecule has 0 unspecified atom stereocenters. The molecule has 3 aromatic heterocycles. The Labute approximate surface area is 238 Å². The first-order chi connectivity index (χ1) is 18.1. The summed E-state index contributed by atoms with van der Waals surface area (Å²) in [5.74, 6) is 1.54. The lowest BCUT2D eigenvalue weighted by Crippen LogP contribution is -2.45. The summed E-state index contributed by atoms with van der Waals surface area (Å²) in [6, 6.07) is 9.80. The van der Waals surface area contributed by atoms with Crippen molar-refractivity contribution >= 4 is 50.2 Å². The van der Waals surface area contributed by atoms with Gasteiger partial charge in [-0.2, -0.15) is 13.5 Å². The van der Waals surface area contributed by atoms with E-state index in [-0.39, 0.29) is 5.41 Å². The van der Waals surface area contributed by atoms with E-state index < -0.39 is 10.1 Å². The van der Waals surface area contributed by atoms with E-state index >= 15 is 0 Å². The average Bonchev–Trinajstić information content (AvgIpc) is 3.37. The predicted molar refractivity (Wildman–Crippen MR) is 157 cm³/mol. The van der Waals surface area contributed by atoms with Gasteiger partial charge in [0.25, 0.3) is 10.1 Å². The van der Waals surface area contributed by atoms with Crippen molar-refractivity contribution in [2.24, 2.45) is 7.05 Å². The van der Waals surface area contributed by atoms with Crippen LogP contribution in [0.3, 0.4) is 0 Å². The molecular formula is C26H33Cl2N7O3S. The van der Waals surface area contributed by atoms with Crippen molar-refractivity contribution in [3.63, 3.8) is 0 Å². The van der Waals surface area contributed by atoms with Crippen LogP contribution < -0.4 is 4.90 Å². The largest absolute Gasteiger partial charge is 0.352 e. The van der Waals surface area contributed by atoms with Gasteiger partial charge in [0.15, 0.2) is 11.6 Å². The van der Waals surface area contributed by atoms with Gasteiger partial charge in [-0.15, -0.1) is 0 Å². The maximum Gasteiger partial charge on any atom is 0.261 e. The van der Waals surface area contributed by atoms with Crippen LogP contribution in [0.15, 0.2) is 30.3 Å². The summed E-state index contributed by atoms with van der Waals surface area (Å²) in [5, 5.41) is 5.99. The molecule has 1 aromatic carbocycles. The van der Waals surface area contributed by atoms with Crippen molar-refractivity contribution in [1.29, 1.82) is 0 Å². The molecule has 1 saturated heterocycles. The molecule has 13 heteroatoms. The number of likely N-dealkylation sites (N-methyl/N-ethyl adjacent to an activating group) is 1. The van der Waals surface area contributed by atoms with Crippen LogP contribution in [0, 0.1) is 0 Å². The van der Waals surface area contributed by atoms with E-state index in [0.29, 0.717) is 22.1 Å². The lowest BCUT2D eigenvalue weighted by Gasteiger charge is -2.33. The number of hydrogen-bond acceptors (Lipinski definition) is 7. The average molecular weight is 595 g/mol. The normalized spacial score (nSPS) is 14.9. The van der Waals surface area contributed by atoms with Gasteiger partial charge in [-0.05, 0) is 19.2 Å².